The minimum Gasteiger partial charge on any atom is -0.384 e. The number of hydrogen-bond donors (Lipinski definition) is 3. The van der Waals surface area contributed by atoms with Crippen LogP contribution in [0.4, 0.5) is 10.9 Å². The molecule has 1 unspecified atom stereocenters. The van der Waals surface area contributed by atoms with E-state index < -0.39 is 12.0 Å². The van der Waals surface area contributed by atoms with Gasteiger partial charge in [0.2, 0.25) is 11.0 Å². The predicted molar refractivity (Wildman–Crippen MR) is 97.8 cm³/mol. The molecule has 140 valence electrons. The number of nitrogens with one attached hydrogen (secondary N) is 2. The molecule has 2 aromatic rings. The van der Waals surface area contributed by atoms with Gasteiger partial charge in [0.25, 0.3) is 5.91 Å². The number of aryl methyl sites for hydroxylation is 2. The van der Waals surface area contributed by atoms with Gasteiger partial charge in [0.1, 0.15) is 11.1 Å². The lowest BCUT2D eigenvalue weighted by Crippen LogP contribution is -2.24. The summed E-state index contributed by atoms with van der Waals surface area (Å²) < 4.78 is 0. The van der Waals surface area contributed by atoms with Crippen molar-refractivity contribution in [2.45, 2.75) is 52.1 Å². The fourth-order valence-corrected chi connectivity index (χ4v) is 2.77. The Morgan fingerprint density at radius 1 is 1.12 bits per heavy atom. The molecule has 0 aliphatic carbocycles. The van der Waals surface area contributed by atoms with Crippen LogP contribution in [-0.4, -0.2) is 43.4 Å². The molecule has 0 aromatic carbocycles. The SMILES string of the molecule is CCC(=O)Nc1ccc(CCCCc2nnc(NC(=O)C(C)O)s2)nn1. The second-order valence-electron chi connectivity index (χ2n) is 5.68. The van der Waals surface area contributed by atoms with Gasteiger partial charge >= 0.3 is 0 Å². The average molecular weight is 378 g/mol. The largest absolute Gasteiger partial charge is 0.384 e. The van der Waals surface area contributed by atoms with Gasteiger partial charge in [-0.25, -0.2) is 0 Å². The average Bonchev–Trinajstić information content (AvgIpc) is 3.07. The molecule has 0 radical (unpaired) electrons. The van der Waals surface area contributed by atoms with Crippen molar-refractivity contribution in [3.05, 3.63) is 22.8 Å². The minimum atomic E-state index is -1.08. The first-order valence-corrected chi connectivity index (χ1v) is 9.23. The van der Waals surface area contributed by atoms with Gasteiger partial charge < -0.3 is 10.4 Å². The number of aliphatic hydroxyl groups excluding tert-OH is 1. The van der Waals surface area contributed by atoms with Crippen LogP contribution in [0.5, 0.6) is 0 Å². The number of hydrogen-bond acceptors (Lipinski definition) is 8. The van der Waals surface area contributed by atoms with Crippen LogP contribution in [0, 0.1) is 0 Å². The summed E-state index contributed by atoms with van der Waals surface area (Å²) >= 11 is 1.30. The minimum absolute atomic E-state index is 0.0897. The Hall–Kier alpha value is -2.46. The number of carbonyl (C=O) groups is 2. The molecule has 0 saturated carbocycles. The van der Waals surface area contributed by atoms with E-state index in [0.29, 0.717) is 17.4 Å². The van der Waals surface area contributed by atoms with E-state index in [1.807, 2.05) is 6.07 Å². The van der Waals surface area contributed by atoms with E-state index >= 15 is 0 Å². The summed E-state index contributed by atoms with van der Waals surface area (Å²) in [6.07, 6.45) is 2.66. The number of rotatable bonds is 9. The van der Waals surface area contributed by atoms with Crippen molar-refractivity contribution in [3.63, 3.8) is 0 Å². The molecule has 2 amide bonds. The summed E-state index contributed by atoms with van der Waals surface area (Å²) in [4.78, 5) is 22.7. The molecular formula is C16H22N6O3S. The van der Waals surface area contributed by atoms with Crippen LogP contribution in [0.1, 0.15) is 43.8 Å². The Bertz CT molecular complexity index is 732. The molecule has 2 heterocycles. The Morgan fingerprint density at radius 2 is 1.88 bits per heavy atom. The molecule has 3 N–H and O–H groups in total. The van der Waals surface area contributed by atoms with Crippen LogP contribution in [0.25, 0.3) is 0 Å². The monoisotopic (exact) mass is 378 g/mol. The summed E-state index contributed by atoms with van der Waals surface area (Å²) in [6.45, 7) is 3.17. The molecule has 0 fully saturated rings. The van der Waals surface area contributed by atoms with Gasteiger partial charge in [-0.05, 0) is 38.3 Å². The summed E-state index contributed by atoms with van der Waals surface area (Å²) in [6, 6.07) is 3.60. The maximum atomic E-state index is 11.4. The fourth-order valence-electron chi connectivity index (χ4n) is 1.99. The quantitative estimate of drug-likeness (QED) is 0.564. The normalized spacial score (nSPS) is 11.8. The molecule has 0 aliphatic heterocycles. The van der Waals surface area contributed by atoms with Crippen LogP contribution in [0.15, 0.2) is 12.1 Å². The zero-order valence-electron chi connectivity index (χ0n) is 14.7. The second kappa shape index (κ2) is 9.88. The van der Waals surface area contributed by atoms with Crippen molar-refractivity contribution in [2.75, 3.05) is 10.6 Å². The van der Waals surface area contributed by atoms with Crippen LogP contribution in [0.3, 0.4) is 0 Å². The molecular weight excluding hydrogens is 356 g/mol. The van der Waals surface area contributed by atoms with Gasteiger partial charge in [0.05, 0.1) is 5.69 Å². The number of nitrogens with zero attached hydrogens (tertiary/aromatic N) is 4. The number of anilines is 2. The highest BCUT2D eigenvalue weighted by molar-refractivity contribution is 7.15. The van der Waals surface area contributed by atoms with E-state index in [9.17, 15) is 9.59 Å². The van der Waals surface area contributed by atoms with Crippen molar-refractivity contribution < 1.29 is 14.7 Å². The number of amides is 2. The van der Waals surface area contributed by atoms with E-state index in [4.69, 9.17) is 5.11 Å². The van der Waals surface area contributed by atoms with Crippen LogP contribution >= 0.6 is 11.3 Å². The van der Waals surface area contributed by atoms with Crippen molar-refractivity contribution in [1.29, 1.82) is 0 Å². The summed E-state index contributed by atoms with van der Waals surface area (Å²) in [5.74, 6) is -0.126. The Morgan fingerprint density at radius 3 is 2.54 bits per heavy atom. The van der Waals surface area contributed by atoms with Crippen molar-refractivity contribution in [1.82, 2.24) is 20.4 Å². The third-order valence-corrected chi connectivity index (χ3v) is 4.36. The van der Waals surface area contributed by atoms with Gasteiger partial charge in [-0.15, -0.1) is 15.3 Å². The van der Waals surface area contributed by atoms with E-state index in [0.717, 1.165) is 36.4 Å². The van der Waals surface area contributed by atoms with E-state index in [2.05, 4.69) is 31.0 Å². The first kappa shape index (κ1) is 19.9. The Kier molecular flexibility index (Phi) is 7.54. The smallest absolute Gasteiger partial charge is 0.254 e. The third kappa shape index (κ3) is 6.45. The van der Waals surface area contributed by atoms with E-state index in [-0.39, 0.29) is 5.91 Å². The van der Waals surface area contributed by atoms with Gasteiger partial charge in [-0.1, -0.05) is 18.3 Å². The van der Waals surface area contributed by atoms with E-state index in [1.165, 1.54) is 18.3 Å². The lowest BCUT2D eigenvalue weighted by molar-refractivity contribution is -0.123. The molecule has 9 nitrogen and oxygen atoms in total. The molecule has 0 bridgehead atoms. The number of unbranched alkanes of at least 4 members (excludes halogenated alkanes) is 1. The van der Waals surface area contributed by atoms with Crippen LogP contribution in [-0.2, 0) is 22.4 Å². The molecule has 10 heteroatoms. The molecule has 2 aromatic heterocycles. The molecule has 1 atom stereocenters. The topological polar surface area (TPSA) is 130 Å². The maximum absolute atomic E-state index is 11.4. The zero-order valence-corrected chi connectivity index (χ0v) is 15.5. The first-order chi connectivity index (χ1) is 12.5. The highest BCUT2D eigenvalue weighted by atomic mass is 32.1. The Labute approximate surface area is 155 Å². The van der Waals surface area contributed by atoms with Crippen molar-refractivity contribution in [3.8, 4) is 0 Å². The molecule has 0 aliphatic rings. The van der Waals surface area contributed by atoms with Crippen LogP contribution < -0.4 is 10.6 Å². The highest BCUT2D eigenvalue weighted by Crippen LogP contribution is 2.18. The molecule has 26 heavy (non-hydrogen) atoms. The number of aromatic nitrogens is 4. The zero-order chi connectivity index (χ0) is 18.9. The lowest BCUT2D eigenvalue weighted by Gasteiger charge is -2.03. The van der Waals surface area contributed by atoms with Gasteiger partial charge in [0.15, 0.2) is 5.82 Å². The standard InChI is InChI=1S/C16H22N6O3S/c1-3-13(24)17-12-9-8-11(19-20-12)6-4-5-7-14-21-22-16(26-14)18-15(25)10(2)23/h8-10,23H,3-7H2,1-2H3,(H,17,20,24)(H,18,22,25). The number of carbonyl (C=O) groups excluding carboxylic acids is 2. The second-order valence-corrected chi connectivity index (χ2v) is 6.75. The van der Waals surface area contributed by atoms with Gasteiger partial charge in [-0.2, -0.15) is 5.10 Å². The van der Waals surface area contributed by atoms with Gasteiger partial charge in [-0.3, -0.25) is 14.9 Å². The third-order valence-electron chi connectivity index (χ3n) is 3.46. The maximum Gasteiger partial charge on any atom is 0.254 e. The summed E-state index contributed by atoms with van der Waals surface area (Å²) in [5.41, 5.74) is 0.863. The molecule has 2 rings (SSSR count). The van der Waals surface area contributed by atoms with Crippen molar-refractivity contribution in [2.24, 2.45) is 0 Å². The van der Waals surface area contributed by atoms with Crippen LogP contribution in [0.2, 0.25) is 0 Å². The summed E-state index contributed by atoms with van der Waals surface area (Å²) in [7, 11) is 0. The highest BCUT2D eigenvalue weighted by Gasteiger charge is 2.12. The molecule has 0 spiro atoms. The summed E-state index contributed by atoms with van der Waals surface area (Å²) in [5, 5.41) is 31.5. The van der Waals surface area contributed by atoms with E-state index in [1.54, 1.807) is 13.0 Å². The number of aliphatic hydroxyl groups is 1. The Balaban J connectivity index is 1.71. The van der Waals surface area contributed by atoms with Gasteiger partial charge in [0, 0.05) is 12.8 Å². The first-order valence-electron chi connectivity index (χ1n) is 8.41. The lowest BCUT2D eigenvalue weighted by atomic mass is 10.1. The molecule has 0 saturated heterocycles. The fraction of sp³-hybridized carbons (Fsp3) is 0.500. The predicted octanol–water partition coefficient (Wildman–Crippen LogP) is 1.56. The van der Waals surface area contributed by atoms with Crippen molar-refractivity contribution >= 4 is 34.1 Å².